The van der Waals surface area contributed by atoms with Crippen molar-refractivity contribution in [2.75, 3.05) is 38.8 Å². The molecule has 1 aromatic rings. The molecule has 0 heterocycles. The summed E-state index contributed by atoms with van der Waals surface area (Å²) < 4.78 is 33.5. The SMILES string of the molecule is COc1cccc(Br)c1OCCNCCS(C)(=O)=O. The molecule has 0 atom stereocenters. The number of methoxy groups -OCH3 is 1. The topological polar surface area (TPSA) is 64.6 Å². The van der Waals surface area contributed by atoms with Crippen LogP contribution in [0.2, 0.25) is 0 Å². The van der Waals surface area contributed by atoms with Gasteiger partial charge in [-0.25, -0.2) is 8.42 Å². The number of sulfone groups is 1. The Balaban J connectivity index is 2.34. The maximum Gasteiger partial charge on any atom is 0.175 e. The van der Waals surface area contributed by atoms with Crippen LogP contribution in [0.4, 0.5) is 0 Å². The van der Waals surface area contributed by atoms with Crippen LogP contribution in [0.25, 0.3) is 0 Å². The van der Waals surface area contributed by atoms with Crippen LogP contribution in [0.3, 0.4) is 0 Å². The van der Waals surface area contributed by atoms with Crippen LogP contribution in [-0.2, 0) is 9.84 Å². The average Bonchev–Trinajstić information content (AvgIpc) is 2.33. The molecular weight excluding hydrogens is 334 g/mol. The first-order valence-corrected chi connectivity index (χ1v) is 8.63. The predicted octanol–water partition coefficient (Wildman–Crippen LogP) is 1.47. The Bertz CT molecular complexity index is 504. The molecule has 1 rings (SSSR count). The van der Waals surface area contributed by atoms with Gasteiger partial charge in [0.25, 0.3) is 0 Å². The van der Waals surface area contributed by atoms with E-state index in [4.69, 9.17) is 9.47 Å². The fourth-order valence-corrected chi connectivity index (χ4v) is 2.38. The molecular formula is C12H18BrNO4S. The Hall–Kier alpha value is -0.790. The van der Waals surface area contributed by atoms with Gasteiger partial charge in [-0.3, -0.25) is 0 Å². The second-order valence-electron chi connectivity index (χ2n) is 4.00. The molecule has 108 valence electrons. The van der Waals surface area contributed by atoms with Crippen molar-refractivity contribution in [1.29, 1.82) is 0 Å². The molecule has 0 radical (unpaired) electrons. The van der Waals surface area contributed by atoms with Gasteiger partial charge >= 0.3 is 0 Å². The first-order chi connectivity index (χ1) is 8.94. The van der Waals surface area contributed by atoms with Crippen molar-refractivity contribution >= 4 is 25.8 Å². The van der Waals surface area contributed by atoms with E-state index in [9.17, 15) is 8.42 Å². The van der Waals surface area contributed by atoms with Gasteiger partial charge < -0.3 is 14.8 Å². The van der Waals surface area contributed by atoms with Crippen molar-refractivity contribution in [2.45, 2.75) is 0 Å². The minimum atomic E-state index is -2.91. The Morgan fingerprint density at radius 2 is 2.05 bits per heavy atom. The average molecular weight is 352 g/mol. The number of para-hydroxylation sites is 1. The molecule has 0 spiro atoms. The standard InChI is InChI=1S/C12H18BrNO4S/c1-17-11-5-3-4-10(13)12(11)18-8-6-14-7-9-19(2,15)16/h3-5,14H,6-9H2,1-2H3. The Morgan fingerprint density at radius 3 is 2.68 bits per heavy atom. The van der Waals surface area contributed by atoms with E-state index in [-0.39, 0.29) is 5.75 Å². The van der Waals surface area contributed by atoms with Crippen molar-refractivity contribution in [2.24, 2.45) is 0 Å². The van der Waals surface area contributed by atoms with Crippen molar-refractivity contribution in [3.8, 4) is 11.5 Å². The lowest BCUT2D eigenvalue weighted by atomic mass is 10.3. The number of hydrogen-bond donors (Lipinski definition) is 1. The Morgan fingerprint density at radius 1 is 1.32 bits per heavy atom. The third kappa shape index (κ3) is 6.26. The minimum Gasteiger partial charge on any atom is -0.493 e. The van der Waals surface area contributed by atoms with Gasteiger partial charge in [-0.1, -0.05) is 6.07 Å². The third-order valence-corrected chi connectivity index (χ3v) is 3.90. The van der Waals surface area contributed by atoms with E-state index in [1.165, 1.54) is 6.26 Å². The van der Waals surface area contributed by atoms with Crippen LogP contribution >= 0.6 is 15.9 Å². The summed E-state index contributed by atoms with van der Waals surface area (Å²) >= 11 is 3.39. The molecule has 0 amide bonds. The van der Waals surface area contributed by atoms with Crippen molar-refractivity contribution < 1.29 is 17.9 Å². The van der Waals surface area contributed by atoms with E-state index in [2.05, 4.69) is 21.2 Å². The summed E-state index contributed by atoms with van der Waals surface area (Å²) in [7, 11) is -1.33. The summed E-state index contributed by atoms with van der Waals surface area (Å²) in [6.07, 6.45) is 1.22. The lowest BCUT2D eigenvalue weighted by molar-refractivity contribution is 0.291. The fourth-order valence-electron chi connectivity index (χ4n) is 1.40. The normalized spacial score (nSPS) is 11.3. The van der Waals surface area contributed by atoms with E-state index in [0.29, 0.717) is 31.2 Å². The van der Waals surface area contributed by atoms with Gasteiger partial charge in [-0.15, -0.1) is 0 Å². The van der Waals surface area contributed by atoms with E-state index >= 15 is 0 Å². The molecule has 0 aliphatic carbocycles. The molecule has 1 aromatic carbocycles. The summed E-state index contributed by atoms with van der Waals surface area (Å²) in [5.41, 5.74) is 0. The summed E-state index contributed by atoms with van der Waals surface area (Å²) in [4.78, 5) is 0. The van der Waals surface area contributed by atoms with Gasteiger partial charge in [-0.2, -0.15) is 0 Å². The molecule has 7 heteroatoms. The van der Waals surface area contributed by atoms with Crippen molar-refractivity contribution in [1.82, 2.24) is 5.32 Å². The monoisotopic (exact) mass is 351 g/mol. The summed E-state index contributed by atoms with van der Waals surface area (Å²) in [6, 6.07) is 5.55. The molecule has 0 saturated carbocycles. The maximum atomic E-state index is 10.9. The zero-order chi connectivity index (χ0) is 14.3. The molecule has 0 aliphatic heterocycles. The van der Waals surface area contributed by atoms with E-state index < -0.39 is 9.84 Å². The van der Waals surface area contributed by atoms with E-state index in [0.717, 1.165) is 4.47 Å². The molecule has 0 saturated heterocycles. The molecule has 5 nitrogen and oxygen atoms in total. The predicted molar refractivity (Wildman–Crippen MR) is 78.8 cm³/mol. The largest absolute Gasteiger partial charge is 0.493 e. The molecule has 0 bridgehead atoms. The van der Waals surface area contributed by atoms with Crippen LogP contribution in [0.15, 0.2) is 22.7 Å². The Labute approximate surface area is 122 Å². The summed E-state index contributed by atoms with van der Waals surface area (Å²) in [5.74, 6) is 1.44. The highest BCUT2D eigenvalue weighted by Crippen LogP contribution is 2.34. The van der Waals surface area contributed by atoms with E-state index in [1.807, 2.05) is 18.2 Å². The first kappa shape index (κ1) is 16.3. The lowest BCUT2D eigenvalue weighted by Crippen LogP contribution is -2.26. The quantitative estimate of drug-likeness (QED) is 0.718. The minimum absolute atomic E-state index is 0.130. The molecule has 19 heavy (non-hydrogen) atoms. The van der Waals surface area contributed by atoms with E-state index in [1.54, 1.807) is 7.11 Å². The van der Waals surface area contributed by atoms with Gasteiger partial charge in [0, 0.05) is 19.3 Å². The van der Waals surface area contributed by atoms with Crippen LogP contribution in [0, 0.1) is 0 Å². The van der Waals surface area contributed by atoms with Gasteiger partial charge in [0.05, 0.1) is 17.3 Å². The van der Waals surface area contributed by atoms with Crippen LogP contribution in [0.1, 0.15) is 0 Å². The highest BCUT2D eigenvalue weighted by Gasteiger charge is 2.08. The number of halogens is 1. The van der Waals surface area contributed by atoms with Crippen molar-refractivity contribution in [3.63, 3.8) is 0 Å². The molecule has 0 unspecified atom stereocenters. The first-order valence-electron chi connectivity index (χ1n) is 5.78. The molecule has 1 N–H and O–H groups in total. The van der Waals surface area contributed by atoms with Gasteiger partial charge in [0.15, 0.2) is 11.5 Å². The van der Waals surface area contributed by atoms with Crippen LogP contribution in [-0.4, -0.2) is 47.2 Å². The van der Waals surface area contributed by atoms with Crippen LogP contribution in [0.5, 0.6) is 11.5 Å². The highest BCUT2D eigenvalue weighted by atomic mass is 79.9. The number of ether oxygens (including phenoxy) is 2. The highest BCUT2D eigenvalue weighted by molar-refractivity contribution is 9.10. The van der Waals surface area contributed by atoms with Crippen molar-refractivity contribution in [3.05, 3.63) is 22.7 Å². The zero-order valence-electron chi connectivity index (χ0n) is 11.0. The number of nitrogens with one attached hydrogen (secondary N) is 1. The van der Waals surface area contributed by atoms with Crippen LogP contribution < -0.4 is 14.8 Å². The number of hydrogen-bond acceptors (Lipinski definition) is 5. The zero-order valence-corrected chi connectivity index (χ0v) is 13.4. The van der Waals surface area contributed by atoms with Gasteiger partial charge in [0.1, 0.15) is 16.4 Å². The fraction of sp³-hybridized carbons (Fsp3) is 0.500. The second kappa shape index (κ2) is 7.72. The van der Waals surface area contributed by atoms with Gasteiger partial charge in [-0.05, 0) is 28.1 Å². The summed E-state index contributed by atoms with van der Waals surface area (Å²) in [5, 5.41) is 3.01. The number of rotatable bonds is 8. The Kier molecular flexibility index (Phi) is 6.60. The van der Waals surface area contributed by atoms with Gasteiger partial charge in [0.2, 0.25) is 0 Å². The maximum absolute atomic E-state index is 10.9. The molecule has 0 aromatic heterocycles. The number of benzene rings is 1. The summed E-state index contributed by atoms with van der Waals surface area (Å²) in [6.45, 7) is 1.43. The molecule has 0 fully saturated rings. The second-order valence-corrected chi connectivity index (χ2v) is 7.11. The lowest BCUT2D eigenvalue weighted by Gasteiger charge is -2.12. The third-order valence-electron chi connectivity index (χ3n) is 2.33. The molecule has 0 aliphatic rings. The smallest absolute Gasteiger partial charge is 0.175 e.